The molecule has 0 saturated heterocycles. The highest BCUT2D eigenvalue weighted by Crippen LogP contribution is 2.01. The largest absolute Gasteiger partial charge is 0.332 e. The molecule has 0 atom stereocenters. The van der Waals surface area contributed by atoms with E-state index in [-0.39, 0.29) is 9.13 Å². The second-order valence-corrected chi connectivity index (χ2v) is 2.70. The lowest BCUT2D eigenvalue weighted by molar-refractivity contribution is 0.705. The molecular formula is C8H10N4O2. The molecule has 0 fully saturated rings. The van der Waals surface area contributed by atoms with Gasteiger partial charge in [-0.2, -0.15) is 0 Å². The maximum absolute atomic E-state index is 12.2. The topological polar surface area (TPSA) is 61.8 Å². The minimum atomic E-state index is -3.15. The Balaban J connectivity index is 3.21. The number of nitrogens with zero attached hydrogens (tertiary/aromatic N) is 4. The van der Waals surface area contributed by atoms with Gasteiger partial charge in [0.15, 0.2) is 11.2 Å². The molecule has 0 radical (unpaired) electrons. The summed E-state index contributed by atoms with van der Waals surface area (Å²) >= 11 is 0. The molecule has 0 N–H and O–H groups in total. The Kier molecular flexibility index (Phi) is 0.682. The third kappa shape index (κ3) is 0.876. The fourth-order valence-electron chi connectivity index (χ4n) is 1.15. The Labute approximate surface area is 88.9 Å². The summed E-state index contributed by atoms with van der Waals surface area (Å²) in [4.78, 5) is 27.8. The highest BCUT2D eigenvalue weighted by Gasteiger charge is 2.11. The van der Waals surface area contributed by atoms with Crippen molar-refractivity contribution >= 4 is 11.2 Å². The quantitative estimate of drug-likeness (QED) is 0.547. The first-order chi connectivity index (χ1) is 9.37. The van der Waals surface area contributed by atoms with E-state index < -0.39 is 42.7 Å². The van der Waals surface area contributed by atoms with E-state index in [4.69, 9.17) is 9.60 Å². The molecule has 6 nitrogen and oxygen atoms in total. The zero-order chi connectivity index (χ0) is 16.3. The van der Waals surface area contributed by atoms with Crippen molar-refractivity contribution in [2.24, 2.45) is 21.0 Å². The van der Waals surface area contributed by atoms with Gasteiger partial charge < -0.3 is 4.57 Å². The number of aryl methyl sites for hydroxylation is 2. The van der Waals surface area contributed by atoms with Gasteiger partial charge in [0.25, 0.3) is 5.56 Å². The van der Waals surface area contributed by atoms with Crippen LogP contribution in [-0.2, 0) is 21.0 Å². The second kappa shape index (κ2) is 2.57. The summed E-state index contributed by atoms with van der Waals surface area (Å²) < 4.78 is 52.1. The molecule has 0 aliphatic carbocycles. The summed E-state index contributed by atoms with van der Waals surface area (Å²) in [6.07, 6.45) is -0.470. The first kappa shape index (κ1) is 3.72. The van der Waals surface area contributed by atoms with Crippen molar-refractivity contribution in [2.45, 2.75) is 0 Å². The third-order valence-corrected chi connectivity index (χ3v) is 1.85. The van der Waals surface area contributed by atoms with E-state index in [9.17, 15) is 9.59 Å². The van der Waals surface area contributed by atoms with Crippen LogP contribution in [0.3, 0.4) is 0 Å². The van der Waals surface area contributed by atoms with Crippen LogP contribution < -0.4 is 11.2 Å². The molecule has 0 aliphatic rings. The average Bonchev–Trinajstić information content (AvgIpc) is 2.50. The van der Waals surface area contributed by atoms with Crippen molar-refractivity contribution in [3.05, 3.63) is 27.1 Å². The lowest BCUT2D eigenvalue weighted by atomic mass is 10.5. The van der Waals surface area contributed by atoms with Crippen LogP contribution in [0.1, 0.15) is 9.60 Å². The van der Waals surface area contributed by atoms with Crippen molar-refractivity contribution < 1.29 is 9.60 Å². The first-order valence-electron chi connectivity index (χ1n) is 7.09. The minimum absolute atomic E-state index is 0.122. The van der Waals surface area contributed by atoms with Gasteiger partial charge in [-0.3, -0.25) is 13.9 Å². The molecule has 6 heteroatoms. The molecular weight excluding hydrogens is 184 g/mol. The summed E-state index contributed by atoms with van der Waals surface area (Å²) in [5, 5.41) is 0. The second-order valence-electron chi connectivity index (χ2n) is 2.70. The molecule has 0 saturated carbocycles. The molecule has 0 bridgehead atoms. The van der Waals surface area contributed by atoms with E-state index in [0.29, 0.717) is 0 Å². The van der Waals surface area contributed by atoms with Crippen molar-refractivity contribution in [2.75, 3.05) is 0 Å². The predicted molar refractivity (Wildman–Crippen MR) is 51.2 cm³/mol. The number of rotatable bonds is 0. The van der Waals surface area contributed by atoms with Crippen molar-refractivity contribution in [3.63, 3.8) is 0 Å². The number of hydrogen-bond acceptors (Lipinski definition) is 3. The maximum atomic E-state index is 12.2. The van der Waals surface area contributed by atoms with Crippen LogP contribution in [0, 0.1) is 0 Å². The lowest BCUT2D eigenvalue weighted by Crippen LogP contribution is -2.37. The summed E-state index contributed by atoms with van der Waals surface area (Å²) in [5.41, 5.74) is -3.72. The highest BCUT2D eigenvalue weighted by atomic mass is 16.2. The van der Waals surface area contributed by atoms with E-state index in [2.05, 4.69) is 4.98 Å². The Bertz CT molecular complexity index is 838. The molecule has 0 unspecified atom stereocenters. The van der Waals surface area contributed by atoms with Crippen LogP contribution in [0.5, 0.6) is 0 Å². The molecule has 2 heterocycles. The molecule has 2 rings (SSSR count). The van der Waals surface area contributed by atoms with Gasteiger partial charge in [-0.1, -0.05) is 0 Å². The van der Waals surface area contributed by atoms with Crippen LogP contribution in [0.25, 0.3) is 11.2 Å². The monoisotopic (exact) mass is 201 g/mol. The zero-order valence-electron chi connectivity index (χ0n) is 14.1. The fraction of sp³-hybridized carbons (Fsp3) is 0.375. The first-order valence-corrected chi connectivity index (χ1v) is 3.59. The van der Waals surface area contributed by atoms with Gasteiger partial charge in [0.05, 0.1) is 6.30 Å². The predicted octanol–water partition coefficient (Wildman–Crippen LogP) is -1.03. The molecule has 14 heavy (non-hydrogen) atoms. The van der Waals surface area contributed by atoms with Gasteiger partial charge in [-0.05, 0) is 0 Å². The van der Waals surface area contributed by atoms with Gasteiger partial charge in [-0.25, -0.2) is 9.78 Å². The molecule has 2 aromatic heterocycles. The molecule has 0 amide bonds. The summed E-state index contributed by atoms with van der Waals surface area (Å²) in [6, 6.07) is 0. The molecule has 0 aromatic carbocycles. The smallest absolute Gasteiger partial charge is 0.328 e. The van der Waals surface area contributed by atoms with Crippen LogP contribution >= 0.6 is 0 Å². The number of hydrogen-bond donors (Lipinski definition) is 0. The Hall–Kier alpha value is -1.85. The van der Waals surface area contributed by atoms with E-state index in [1.807, 2.05) is 0 Å². The van der Waals surface area contributed by atoms with E-state index >= 15 is 0 Å². The van der Waals surface area contributed by atoms with E-state index in [0.717, 1.165) is 4.57 Å². The Morgan fingerprint density at radius 3 is 2.79 bits per heavy atom. The Morgan fingerprint density at radius 2 is 2.14 bits per heavy atom. The summed E-state index contributed by atoms with van der Waals surface area (Å²) in [5.74, 6) is 0. The maximum Gasteiger partial charge on any atom is 0.332 e. The van der Waals surface area contributed by atoms with Crippen LogP contribution in [0.2, 0.25) is 0 Å². The molecule has 2 aromatic rings. The van der Waals surface area contributed by atoms with Gasteiger partial charge in [0.1, 0.15) is 1.37 Å². The standard InChI is InChI=1S/C8H10N4O2/c1-10-4-9-6-5(10)7(13)12(3)8(14)11(6)2/h4H,1-3H3/i2D3,3D3,4D. The Morgan fingerprint density at radius 1 is 1.43 bits per heavy atom. The lowest BCUT2D eigenvalue weighted by Gasteiger charge is -2.02. The average molecular weight is 201 g/mol. The number of aromatic nitrogens is 4. The van der Waals surface area contributed by atoms with Gasteiger partial charge >= 0.3 is 5.69 Å². The summed E-state index contributed by atoms with van der Waals surface area (Å²) in [7, 11) is 1.25. The van der Waals surface area contributed by atoms with Crippen LogP contribution in [0.15, 0.2) is 15.9 Å². The highest BCUT2D eigenvalue weighted by molar-refractivity contribution is 5.69. The fourth-order valence-corrected chi connectivity index (χ4v) is 1.15. The zero-order valence-corrected chi connectivity index (χ0v) is 7.11. The SMILES string of the molecule is [2H]c1nc2c(c(=O)n(C([2H])([2H])[2H])c(=O)n2C([2H])([2H])[2H])n1C. The normalized spacial score (nSPS) is 20.2. The number of fused-ring (bicyclic) bond motifs is 1. The minimum Gasteiger partial charge on any atom is -0.328 e. The van der Waals surface area contributed by atoms with Gasteiger partial charge in [0.2, 0.25) is 0 Å². The molecule has 0 spiro atoms. The van der Waals surface area contributed by atoms with Gasteiger partial charge in [-0.15, -0.1) is 0 Å². The van der Waals surface area contributed by atoms with Crippen molar-refractivity contribution in [1.82, 2.24) is 18.7 Å². The van der Waals surface area contributed by atoms with Crippen molar-refractivity contribution in [1.29, 1.82) is 0 Å². The van der Waals surface area contributed by atoms with Gasteiger partial charge in [0, 0.05) is 29.2 Å². The third-order valence-electron chi connectivity index (χ3n) is 1.85. The van der Waals surface area contributed by atoms with E-state index in [1.54, 1.807) is 0 Å². The summed E-state index contributed by atoms with van der Waals surface area (Å²) in [6.45, 7) is -6.20. The molecule has 74 valence electrons. The molecule has 0 aliphatic heterocycles. The number of imidazole rings is 1. The van der Waals surface area contributed by atoms with E-state index in [1.165, 1.54) is 7.05 Å². The van der Waals surface area contributed by atoms with Crippen molar-refractivity contribution in [3.8, 4) is 0 Å². The van der Waals surface area contributed by atoms with Crippen LogP contribution in [0.4, 0.5) is 0 Å². The van der Waals surface area contributed by atoms with Crippen LogP contribution in [-0.4, -0.2) is 18.7 Å².